The first-order valence-electron chi connectivity index (χ1n) is 8.73. The van der Waals surface area contributed by atoms with Gasteiger partial charge in [-0.2, -0.15) is 12.6 Å². The first kappa shape index (κ1) is 19.4. The molecule has 0 aromatic heterocycles. The van der Waals surface area contributed by atoms with Crippen molar-refractivity contribution >= 4 is 24.4 Å². The fraction of sp³-hybridized carbons (Fsp3) is 0.429. The molecule has 0 aliphatic heterocycles. The summed E-state index contributed by atoms with van der Waals surface area (Å²) in [6, 6.07) is 19.5. The van der Waals surface area contributed by atoms with Crippen molar-refractivity contribution in [1.82, 2.24) is 4.90 Å². The Morgan fingerprint density at radius 3 is 2.33 bits per heavy atom. The predicted molar refractivity (Wildman–Crippen MR) is 112 cm³/mol. The summed E-state index contributed by atoms with van der Waals surface area (Å²) < 4.78 is -0.304. The molecule has 24 heavy (non-hydrogen) atoms. The second-order valence-corrected chi connectivity index (χ2v) is 8.71. The van der Waals surface area contributed by atoms with Crippen LogP contribution in [0.3, 0.4) is 0 Å². The molecule has 0 amide bonds. The molecule has 3 heteroatoms. The average Bonchev–Trinajstić information content (AvgIpc) is 2.60. The van der Waals surface area contributed by atoms with Crippen LogP contribution in [-0.2, 0) is 10.5 Å². The zero-order chi connectivity index (χ0) is 17.4. The fourth-order valence-corrected chi connectivity index (χ4v) is 4.84. The van der Waals surface area contributed by atoms with Crippen molar-refractivity contribution in [2.45, 2.75) is 30.3 Å². The molecule has 0 heterocycles. The highest BCUT2D eigenvalue weighted by molar-refractivity contribution is 8.11. The van der Waals surface area contributed by atoms with Crippen molar-refractivity contribution in [2.75, 3.05) is 26.4 Å². The molecule has 0 aliphatic rings. The minimum atomic E-state index is -0.304. The Morgan fingerprint density at radius 1 is 1.00 bits per heavy atom. The lowest BCUT2D eigenvalue weighted by Crippen LogP contribution is -2.22. The SMILES string of the molecule is CCCCc1ccccc1C(S)(SCCN(C)C)c1ccccc1. The third kappa shape index (κ3) is 5.05. The van der Waals surface area contributed by atoms with Gasteiger partial charge in [0, 0.05) is 12.3 Å². The van der Waals surface area contributed by atoms with Crippen molar-refractivity contribution in [3.05, 3.63) is 71.3 Å². The van der Waals surface area contributed by atoms with Crippen molar-refractivity contribution in [3.63, 3.8) is 0 Å². The summed E-state index contributed by atoms with van der Waals surface area (Å²) in [5, 5.41) is 0. The van der Waals surface area contributed by atoms with Gasteiger partial charge in [0.2, 0.25) is 0 Å². The van der Waals surface area contributed by atoms with Crippen LogP contribution in [0.15, 0.2) is 54.6 Å². The third-order valence-corrected chi connectivity index (χ3v) is 6.34. The van der Waals surface area contributed by atoms with Crippen molar-refractivity contribution in [1.29, 1.82) is 0 Å². The van der Waals surface area contributed by atoms with E-state index in [1.807, 2.05) is 11.8 Å². The van der Waals surface area contributed by atoms with Crippen LogP contribution in [0, 0.1) is 0 Å². The van der Waals surface area contributed by atoms with Gasteiger partial charge in [-0.15, -0.1) is 11.8 Å². The van der Waals surface area contributed by atoms with Crippen LogP contribution in [0.2, 0.25) is 0 Å². The highest BCUT2D eigenvalue weighted by Crippen LogP contribution is 2.47. The molecule has 0 saturated carbocycles. The summed E-state index contributed by atoms with van der Waals surface area (Å²) in [5.41, 5.74) is 4.04. The predicted octanol–water partition coefficient (Wildman–Crippen LogP) is 5.45. The number of unbranched alkanes of at least 4 members (excludes halogenated alkanes) is 1. The summed E-state index contributed by atoms with van der Waals surface area (Å²) in [7, 11) is 4.25. The molecule has 1 unspecified atom stereocenters. The number of hydrogen-bond acceptors (Lipinski definition) is 3. The van der Waals surface area contributed by atoms with Gasteiger partial charge in [-0.1, -0.05) is 67.9 Å². The Hall–Kier alpha value is -0.900. The number of benzene rings is 2. The number of thiol groups is 1. The number of aryl methyl sites for hydroxylation is 1. The van der Waals surface area contributed by atoms with Crippen molar-refractivity contribution < 1.29 is 0 Å². The molecule has 0 saturated heterocycles. The molecule has 2 aromatic rings. The summed E-state index contributed by atoms with van der Waals surface area (Å²) in [6.45, 7) is 3.30. The van der Waals surface area contributed by atoms with Gasteiger partial charge in [-0.25, -0.2) is 0 Å². The minimum Gasteiger partial charge on any atom is -0.309 e. The van der Waals surface area contributed by atoms with Crippen LogP contribution < -0.4 is 0 Å². The third-order valence-electron chi connectivity index (χ3n) is 4.20. The van der Waals surface area contributed by atoms with E-state index in [0.29, 0.717) is 0 Å². The van der Waals surface area contributed by atoms with Crippen LogP contribution in [0.1, 0.15) is 36.5 Å². The normalized spacial score (nSPS) is 13.9. The molecule has 0 aliphatic carbocycles. The highest BCUT2D eigenvalue weighted by Gasteiger charge is 2.32. The van der Waals surface area contributed by atoms with E-state index in [0.717, 1.165) is 18.7 Å². The van der Waals surface area contributed by atoms with Gasteiger partial charge < -0.3 is 4.90 Å². The molecular formula is C21H29NS2. The largest absolute Gasteiger partial charge is 0.309 e. The van der Waals surface area contributed by atoms with Gasteiger partial charge in [0.1, 0.15) is 4.08 Å². The molecule has 0 N–H and O–H groups in total. The lowest BCUT2D eigenvalue weighted by molar-refractivity contribution is 0.437. The topological polar surface area (TPSA) is 3.24 Å². The smallest absolute Gasteiger partial charge is 0.109 e. The quantitative estimate of drug-likeness (QED) is 0.468. The Bertz CT molecular complexity index is 612. The zero-order valence-electron chi connectivity index (χ0n) is 15.0. The summed E-state index contributed by atoms with van der Waals surface area (Å²) in [6.07, 6.45) is 3.56. The van der Waals surface area contributed by atoms with E-state index < -0.39 is 0 Å². The van der Waals surface area contributed by atoms with Crippen molar-refractivity contribution in [3.8, 4) is 0 Å². The van der Waals surface area contributed by atoms with Crippen LogP contribution in [0.5, 0.6) is 0 Å². The van der Waals surface area contributed by atoms with Gasteiger partial charge in [0.15, 0.2) is 0 Å². The van der Waals surface area contributed by atoms with Crippen molar-refractivity contribution in [2.24, 2.45) is 0 Å². The van der Waals surface area contributed by atoms with Gasteiger partial charge >= 0.3 is 0 Å². The monoisotopic (exact) mass is 359 g/mol. The maximum Gasteiger partial charge on any atom is 0.109 e. The maximum absolute atomic E-state index is 5.24. The molecular weight excluding hydrogens is 330 g/mol. The van der Waals surface area contributed by atoms with E-state index in [4.69, 9.17) is 12.6 Å². The van der Waals surface area contributed by atoms with Crippen LogP contribution in [0.4, 0.5) is 0 Å². The lowest BCUT2D eigenvalue weighted by Gasteiger charge is -2.32. The molecule has 0 spiro atoms. The lowest BCUT2D eigenvalue weighted by atomic mass is 9.95. The second-order valence-electron chi connectivity index (χ2n) is 6.42. The van der Waals surface area contributed by atoms with E-state index in [9.17, 15) is 0 Å². The van der Waals surface area contributed by atoms with E-state index in [1.54, 1.807) is 0 Å². The number of rotatable bonds is 9. The van der Waals surface area contributed by atoms with E-state index >= 15 is 0 Å². The molecule has 0 radical (unpaired) electrons. The highest BCUT2D eigenvalue weighted by atomic mass is 32.2. The molecule has 2 rings (SSSR count). The summed E-state index contributed by atoms with van der Waals surface area (Å²) in [5.74, 6) is 1.05. The average molecular weight is 360 g/mol. The van der Waals surface area contributed by atoms with E-state index in [1.165, 1.54) is 29.5 Å². The summed E-state index contributed by atoms with van der Waals surface area (Å²) in [4.78, 5) is 2.23. The van der Waals surface area contributed by atoms with Gasteiger partial charge in [-0.05, 0) is 43.6 Å². The number of hydrogen-bond donors (Lipinski definition) is 1. The first-order chi connectivity index (χ1) is 11.6. The zero-order valence-corrected chi connectivity index (χ0v) is 16.7. The first-order valence-corrected chi connectivity index (χ1v) is 10.2. The Balaban J connectivity index is 2.39. The second kappa shape index (κ2) is 9.55. The number of nitrogens with zero attached hydrogens (tertiary/aromatic N) is 1. The molecule has 0 fully saturated rings. The summed E-state index contributed by atoms with van der Waals surface area (Å²) >= 11 is 7.16. The Labute approximate surface area is 157 Å². The molecule has 1 nitrogen and oxygen atoms in total. The fourth-order valence-electron chi connectivity index (χ4n) is 2.79. The standard InChI is InChI=1S/C21H29NS2/c1-4-5-11-18-12-9-10-15-20(18)21(23,24-17-16-22(2)3)19-13-7-6-8-14-19/h6-10,12-15,23H,4-5,11,16-17H2,1-3H3. The Morgan fingerprint density at radius 2 is 1.67 bits per heavy atom. The van der Waals surface area contributed by atoms with Crippen LogP contribution >= 0.6 is 24.4 Å². The van der Waals surface area contributed by atoms with Crippen LogP contribution in [-0.4, -0.2) is 31.3 Å². The Kier molecular flexibility index (Phi) is 7.73. The van der Waals surface area contributed by atoms with E-state index in [-0.39, 0.29) is 4.08 Å². The molecule has 1 atom stereocenters. The minimum absolute atomic E-state index is 0.304. The molecule has 2 aromatic carbocycles. The van der Waals surface area contributed by atoms with Gasteiger partial charge in [0.05, 0.1) is 0 Å². The van der Waals surface area contributed by atoms with Crippen LogP contribution in [0.25, 0.3) is 0 Å². The van der Waals surface area contributed by atoms with E-state index in [2.05, 4.69) is 80.5 Å². The number of thioether (sulfide) groups is 1. The van der Waals surface area contributed by atoms with Gasteiger partial charge in [-0.3, -0.25) is 0 Å². The maximum atomic E-state index is 5.24. The molecule has 0 bridgehead atoms. The molecule has 130 valence electrons. The van der Waals surface area contributed by atoms with Gasteiger partial charge in [0.25, 0.3) is 0 Å².